The van der Waals surface area contributed by atoms with Gasteiger partial charge in [0.05, 0.1) is 24.4 Å². The predicted molar refractivity (Wildman–Crippen MR) is 90.0 cm³/mol. The van der Waals surface area contributed by atoms with E-state index in [0.717, 1.165) is 23.1 Å². The highest BCUT2D eigenvalue weighted by Crippen LogP contribution is 2.26. The molecule has 7 heteroatoms. The van der Waals surface area contributed by atoms with Crippen LogP contribution in [0.3, 0.4) is 0 Å². The van der Waals surface area contributed by atoms with Gasteiger partial charge >= 0.3 is 0 Å². The van der Waals surface area contributed by atoms with Crippen molar-refractivity contribution in [3.8, 4) is 11.5 Å². The number of ether oxygens (including phenoxy) is 1. The summed E-state index contributed by atoms with van der Waals surface area (Å²) in [6.45, 7) is 6.51. The number of aromatic nitrogens is 2. The highest BCUT2D eigenvalue weighted by molar-refractivity contribution is 9.10. The Morgan fingerprint density at radius 3 is 2.64 bits per heavy atom. The van der Waals surface area contributed by atoms with Crippen LogP contribution in [0.25, 0.3) is 11.5 Å². The van der Waals surface area contributed by atoms with E-state index in [0.29, 0.717) is 17.4 Å². The third-order valence-electron chi connectivity index (χ3n) is 3.54. The molecule has 1 aliphatic rings. The van der Waals surface area contributed by atoms with Crippen molar-refractivity contribution in [1.29, 1.82) is 0 Å². The third-order valence-corrected chi connectivity index (χ3v) is 4.53. The fourth-order valence-electron chi connectivity index (χ4n) is 2.73. The monoisotopic (exact) mass is 383 g/mol. The summed E-state index contributed by atoms with van der Waals surface area (Å²) < 4.78 is 14.1. The van der Waals surface area contributed by atoms with E-state index < -0.39 is 0 Å². The Morgan fingerprint density at radius 2 is 1.95 bits per heavy atom. The molecule has 2 aromatic rings. The van der Waals surface area contributed by atoms with Gasteiger partial charge in [0.1, 0.15) is 0 Å². The zero-order valence-electron chi connectivity index (χ0n) is 12.5. The summed E-state index contributed by atoms with van der Waals surface area (Å²) in [5, 5.41) is 4.52. The van der Waals surface area contributed by atoms with E-state index in [1.807, 2.05) is 24.3 Å². The minimum Gasteiger partial charge on any atom is -0.409 e. The molecule has 0 amide bonds. The van der Waals surface area contributed by atoms with Crippen LogP contribution in [-0.4, -0.2) is 40.0 Å². The first kappa shape index (κ1) is 15.9. The van der Waals surface area contributed by atoms with Crippen LogP contribution < -0.4 is 0 Å². The lowest BCUT2D eigenvalue weighted by Gasteiger charge is -2.34. The standard InChI is InChI=1S/C15H18BrN3O2S/c1-10-7-18(8-11(2)20-10)9-19-15(22)21-14(17-19)12-5-3-4-6-13(12)16/h3-6,10-11H,7-9H2,1-2H3. The van der Waals surface area contributed by atoms with Crippen molar-refractivity contribution in [3.05, 3.63) is 33.6 Å². The molecule has 1 saturated heterocycles. The molecular weight excluding hydrogens is 366 g/mol. The number of benzene rings is 1. The molecular formula is C15H18BrN3O2S. The van der Waals surface area contributed by atoms with Gasteiger partial charge in [0.15, 0.2) is 0 Å². The van der Waals surface area contributed by atoms with E-state index in [9.17, 15) is 0 Å². The van der Waals surface area contributed by atoms with Gasteiger partial charge in [-0.25, -0.2) is 4.68 Å². The SMILES string of the molecule is CC1CN(Cn2nc(-c3ccccc3Br)oc2=S)CC(C)O1. The Hall–Kier alpha value is -1.02. The highest BCUT2D eigenvalue weighted by Gasteiger charge is 2.23. The Morgan fingerprint density at radius 1 is 1.27 bits per heavy atom. The van der Waals surface area contributed by atoms with Crippen LogP contribution in [0.5, 0.6) is 0 Å². The number of nitrogens with zero attached hydrogens (tertiary/aromatic N) is 3. The first-order chi connectivity index (χ1) is 10.5. The molecule has 0 spiro atoms. The molecule has 0 saturated carbocycles. The van der Waals surface area contributed by atoms with Crippen LogP contribution in [0.2, 0.25) is 0 Å². The summed E-state index contributed by atoms with van der Waals surface area (Å²) in [7, 11) is 0. The Kier molecular flexibility index (Phi) is 4.77. The molecule has 1 fully saturated rings. The quantitative estimate of drug-likeness (QED) is 0.755. The lowest BCUT2D eigenvalue weighted by Crippen LogP contribution is -2.46. The average Bonchev–Trinajstić information content (AvgIpc) is 2.79. The molecule has 5 nitrogen and oxygen atoms in total. The van der Waals surface area contributed by atoms with Crippen LogP contribution in [0.1, 0.15) is 13.8 Å². The number of morpholine rings is 1. The number of hydrogen-bond donors (Lipinski definition) is 0. The highest BCUT2D eigenvalue weighted by atomic mass is 79.9. The first-order valence-electron chi connectivity index (χ1n) is 7.23. The molecule has 3 rings (SSSR count). The van der Waals surface area contributed by atoms with Gasteiger partial charge < -0.3 is 9.15 Å². The molecule has 0 N–H and O–H groups in total. The van der Waals surface area contributed by atoms with Gasteiger partial charge in [0.25, 0.3) is 4.84 Å². The summed E-state index contributed by atoms with van der Waals surface area (Å²) in [5.41, 5.74) is 0.899. The summed E-state index contributed by atoms with van der Waals surface area (Å²) in [6.07, 6.45) is 0.431. The lowest BCUT2D eigenvalue weighted by atomic mass is 10.2. The zero-order chi connectivity index (χ0) is 15.7. The smallest absolute Gasteiger partial charge is 0.288 e. The van der Waals surface area contributed by atoms with E-state index >= 15 is 0 Å². The molecule has 2 heterocycles. The third kappa shape index (κ3) is 3.48. The number of hydrogen-bond acceptors (Lipinski definition) is 5. The maximum Gasteiger partial charge on any atom is 0.288 e. The maximum absolute atomic E-state index is 5.75. The fraction of sp³-hybridized carbons (Fsp3) is 0.467. The first-order valence-corrected chi connectivity index (χ1v) is 8.43. The molecule has 1 aliphatic heterocycles. The van der Waals surface area contributed by atoms with Gasteiger partial charge in [-0.05, 0) is 54.1 Å². The van der Waals surface area contributed by atoms with Crippen LogP contribution in [0, 0.1) is 4.84 Å². The van der Waals surface area contributed by atoms with Crippen LogP contribution in [-0.2, 0) is 11.4 Å². The fourth-order valence-corrected chi connectivity index (χ4v) is 3.36. The molecule has 118 valence electrons. The van der Waals surface area contributed by atoms with Crippen LogP contribution in [0.15, 0.2) is 33.2 Å². The number of halogens is 1. The average molecular weight is 384 g/mol. The van der Waals surface area contributed by atoms with E-state index in [4.69, 9.17) is 21.4 Å². The minimum absolute atomic E-state index is 0.215. The van der Waals surface area contributed by atoms with Crippen molar-refractivity contribution in [1.82, 2.24) is 14.7 Å². The summed E-state index contributed by atoms with van der Waals surface area (Å²) in [4.78, 5) is 2.67. The van der Waals surface area contributed by atoms with Crippen LogP contribution >= 0.6 is 28.1 Å². The van der Waals surface area contributed by atoms with E-state index in [-0.39, 0.29) is 12.2 Å². The largest absolute Gasteiger partial charge is 0.409 e. The summed E-state index contributed by atoms with van der Waals surface area (Å²) in [6, 6.07) is 7.81. The van der Waals surface area contributed by atoms with Gasteiger partial charge in [-0.2, -0.15) is 0 Å². The summed E-state index contributed by atoms with van der Waals surface area (Å²) >= 11 is 8.81. The topological polar surface area (TPSA) is 43.4 Å². The molecule has 2 atom stereocenters. The van der Waals surface area contributed by atoms with E-state index in [1.165, 1.54) is 0 Å². The molecule has 2 unspecified atom stereocenters. The minimum atomic E-state index is 0.215. The Labute approximate surface area is 143 Å². The van der Waals surface area contributed by atoms with Crippen molar-refractivity contribution in [2.45, 2.75) is 32.7 Å². The van der Waals surface area contributed by atoms with Gasteiger partial charge in [-0.1, -0.05) is 12.1 Å². The normalized spacial score (nSPS) is 22.9. The second kappa shape index (κ2) is 6.62. The van der Waals surface area contributed by atoms with Gasteiger partial charge in [0, 0.05) is 17.6 Å². The van der Waals surface area contributed by atoms with E-state index in [1.54, 1.807) is 4.68 Å². The van der Waals surface area contributed by atoms with Gasteiger partial charge in [-0.3, -0.25) is 4.90 Å². The van der Waals surface area contributed by atoms with Crippen molar-refractivity contribution < 1.29 is 9.15 Å². The van der Waals surface area contributed by atoms with E-state index in [2.05, 4.69) is 39.8 Å². The maximum atomic E-state index is 5.75. The second-order valence-electron chi connectivity index (χ2n) is 5.59. The Bertz CT molecular complexity index is 705. The van der Waals surface area contributed by atoms with Crippen molar-refractivity contribution in [2.24, 2.45) is 0 Å². The van der Waals surface area contributed by atoms with Crippen molar-refractivity contribution in [3.63, 3.8) is 0 Å². The van der Waals surface area contributed by atoms with Crippen LogP contribution in [0.4, 0.5) is 0 Å². The molecule has 0 bridgehead atoms. The van der Waals surface area contributed by atoms with Crippen molar-refractivity contribution in [2.75, 3.05) is 13.1 Å². The van der Waals surface area contributed by atoms with Gasteiger partial charge in [-0.15, -0.1) is 5.10 Å². The molecule has 1 aromatic heterocycles. The zero-order valence-corrected chi connectivity index (χ0v) is 14.9. The summed E-state index contributed by atoms with van der Waals surface area (Å²) in [5.74, 6) is 0.534. The van der Waals surface area contributed by atoms with Crippen molar-refractivity contribution >= 4 is 28.1 Å². The molecule has 1 aromatic carbocycles. The second-order valence-corrected chi connectivity index (χ2v) is 6.79. The number of rotatable bonds is 3. The van der Waals surface area contributed by atoms with Gasteiger partial charge in [0.2, 0.25) is 5.89 Å². The lowest BCUT2D eigenvalue weighted by molar-refractivity contribution is -0.0778. The molecule has 0 radical (unpaired) electrons. The molecule has 0 aliphatic carbocycles. The predicted octanol–water partition coefficient (Wildman–Crippen LogP) is 3.70. The molecule has 22 heavy (non-hydrogen) atoms. The Balaban J connectivity index is 1.81.